The highest BCUT2D eigenvalue weighted by Crippen LogP contribution is 2.30. The van der Waals surface area contributed by atoms with Crippen LogP contribution in [-0.4, -0.2) is 17.3 Å². The lowest BCUT2D eigenvalue weighted by atomic mass is 9.97. The van der Waals surface area contributed by atoms with Crippen molar-refractivity contribution in [3.63, 3.8) is 0 Å². The van der Waals surface area contributed by atoms with Gasteiger partial charge in [-0.1, -0.05) is 24.3 Å². The standard InChI is InChI=1S/C18H15NO4/c1-12-4-2-7-16-17(20)14(8-9-23-18(12)16)10-13-5-3-6-15(11-13)19(21)22/h2-7,10-11H,8-9H2,1H3/b14-10+. The van der Waals surface area contributed by atoms with Gasteiger partial charge in [-0.3, -0.25) is 14.9 Å². The molecule has 0 atom stereocenters. The van der Waals surface area contributed by atoms with Crippen LogP contribution in [0.2, 0.25) is 0 Å². The molecular weight excluding hydrogens is 294 g/mol. The Bertz CT molecular complexity index is 824. The van der Waals surface area contributed by atoms with Crippen molar-refractivity contribution in [2.24, 2.45) is 0 Å². The highest BCUT2D eigenvalue weighted by Gasteiger charge is 2.22. The summed E-state index contributed by atoms with van der Waals surface area (Å²) in [6.45, 7) is 2.31. The van der Waals surface area contributed by atoms with Crippen molar-refractivity contribution in [2.75, 3.05) is 6.61 Å². The van der Waals surface area contributed by atoms with Crippen LogP contribution < -0.4 is 4.74 Å². The van der Waals surface area contributed by atoms with E-state index in [1.54, 1.807) is 24.3 Å². The number of nitro benzene ring substituents is 1. The maximum atomic E-state index is 12.7. The number of ketones is 1. The Balaban J connectivity index is 2.02. The van der Waals surface area contributed by atoms with E-state index in [9.17, 15) is 14.9 Å². The van der Waals surface area contributed by atoms with Gasteiger partial charge in [0, 0.05) is 24.1 Å². The highest BCUT2D eigenvalue weighted by atomic mass is 16.6. The molecule has 5 heteroatoms. The Hall–Kier alpha value is -2.95. The summed E-state index contributed by atoms with van der Waals surface area (Å²) in [6, 6.07) is 11.7. The molecule has 1 aliphatic rings. The van der Waals surface area contributed by atoms with Gasteiger partial charge < -0.3 is 4.74 Å². The summed E-state index contributed by atoms with van der Waals surface area (Å²) >= 11 is 0. The van der Waals surface area contributed by atoms with Crippen LogP contribution in [0.4, 0.5) is 5.69 Å². The molecule has 3 rings (SSSR count). The first kappa shape index (κ1) is 15.0. The van der Waals surface area contributed by atoms with Gasteiger partial charge in [0.1, 0.15) is 5.75 Å². The topological polar surface area (TPSA) is 69.4 Å². The number of hydrogen-bond donors (Lipinski definition) is 0. The zero-order valence-corrected chi connectivity index (χ0v) is 12.6. The predicted molar refractivity (Wildman–Crippen MR) is 86.7 cm³/mol. The number of Topliss-reactive ketones (excluding diaryl/α,β-unsaturated/α-hetero) is 1. The zero-order chi connectivity index (χ0) is 16.4. The number of nitrogens with zero attached hydrogens (tertiary/aromatic N) is 1. The van der Waals surface area contributed by atoms with Gasteiger partial charge in [0.2, 0.25) is 0 Å². The van der Waals surface area contributed by atoms with E-state index in [1.165, 1.54) is 12.1 Å². The van der Waals surface area contributed by atoms with Gasteiger partial charge in [-0.05, 0) is 30.2 Å². The first-order valence-electron chi connectivity index (χ1n) is 7.28. The first-order valence-corrected chi connectivity index (χ1v) is 7.28. The van der Waals surface area contributed by atoms with Crippen LogP contribution in [0.15, 0.2) is 48.0 Å². The molecule has 0 fully saturated rings. The van der Waals surface area contributed by atoms with Crippen LogP contribution in [0.3, 0.4) is 0 Å². The third-order valence-corrected chi connectivity index (χ3v) is 3.79. The fourth-order valence-electron chi connectivity index (χ4n) is 2.64. The number of aryl methyl sites for hydroxylation is 1. The van der Waals surface area contributed by atoms with Crippen LogP contribution in [-0.2, 0) is 0 Å². The molecule has 2 aromatic carbocycles. The van der Waals surface area contributed by atoms with Crippen molar-refractivity contribution >= 4 is 17.5 Å². The fraction of sp³-hybridized carbons (Fsp3) is 0.167. The van der Waals surface area contributed by atoms with Crippen molar-refractivity contribution in [3.05, 3.63) is 74.8 Å². The zero-order valence-electron chi connectivity index (χ0n) is 12.6. The Labute approximate surface area is 133 Å². The number of fused-ring (bicyclic) bond motifs is 1. The van der Waals surface area contributed by atoms with Crippen LogP contribution in [0.1, 0.15) is 27.9 Å². The SMILES string of the molecule is Cc1cccc2c1OCC/C(=C\c1cccc([N+](=O)[O-])c1)C2=O. The largest absolute Gasteiger partial charge is 0.492 e. The summed E-state index contributed by atoms with van der Waals surface area (Å²) in [5.74, 6) is 0.535. The molecule has 0 saturated heterocycles. The summed E-state index contributed by atoms with van der Waals surface area (Å²) in [5, 5.41) is 10.9. The van der Waals surface area contributed by atoms with Crippen molar-refractivity contribution < 1.29 is 14.5 Å². The van der Waals surface area contributed by atoms with E-state index in [-0.39, 0.29) is 11.5 Å². The molecule has 0 spiro atoms. The minimum atomic E-state index is -0.446. The third kappa shape index (κ3) is 2.99. The molecule has 23 heavy (non-hydrogen) atoms. The average Bonchev–Trinajstić information content (AvgIpc) is 2.69. The van der Waals surface area contributed by atoms with Gasteiger partial charge in [-0.25, -0.2) is 0 Å². The number of rotatable bonds is 2. The Morgan fingerprint density at radius 3 is 2.78 bits per heavy atom. The molecule has 0 aliphatic carbocycles. The quantitative estimate of drug-likeness (QED) is 0.478. The number of nitro groups is 1. The van der Waals surface area contributed by atoms with E-state index < -0.39 is 4.92 Å². The summed E-state index contributed by atoms with van der Waals surface area (Å²) in [7, 11) is 0. The molecular formula is C18H15NO4. The van der Waals surface area contributed by atoms with Gasteiger partial charge in [-0.2, -0.15) is 0 Å². The Kier molecular flexibility index (Phi) is 3.93. The van der Waals surface area contributed by atoms with Crippen molar-refractivity contribution in [3.8, 4) is 5.75 Å². The van der Waals surface area contributed by atoms with E-state index in [1.807, 2.05) is 19.1 Å². The van der Waals surface area contributed by atoms with E-state index in [0.29, 0.717) is 35.5 Å². The number of carbonyl (C=O) groups excluding carboxylic acids is 1. The first-order chi connectivity index (χ1) is 11.1. The van der Waals surface area contributed by atoms with Crippen LogP contribution in [0, 0.1) is 17.0 Å². The van der Waals surface area contributed by atoms with Crippen molar-refractivity contribution in [1.82, 2.24) is 0 Å². The molecule has 0 saturated carbocycles. The molecule has 0 N–H and O–H groups in total. The van der Waals surface area contributed by atoms with Gasteiger partial charge in [-0.15, -0.1) is 0 Å². The maximum Gasteiger partial charge on any atom is 0.270 e. The molecule has 0 aromatic heterocycles. The molecule has 1 aliphatic heterocycles. The van der Waals surface area contributed by atoms with E-state index in [2.05, 4.69) is 0 Å². The molecule has 1 heterocycles. The number of benzene rings is 2. The fourth-order valence-corrected chi connectivity index (χ4v) is 2.64. The second-order valence-corrected chi connectivity index (χ2v) is 5.40. The lowest BCUT2D eigenvalue weighted by Crippen LogP contribution is -2.02. The molecule has 0 bridgehead atoms. The molecule has 0 unspecified atom stereocenters. The van der Waals surface area contributed by atoms with Crippen molar-refractivity contribution in [2.45, 2.75) is 13.3 Å². The number of para-hydroxylation sites is 1. The highest BCUT2D eigenvalue weighted by molar-refractivity contribution is 6.13. The van der Waals surface area contributed by atoms with Crippen LogP contribution in [0.25, 0.3) is 6.08 Å². The second kappa shape index (κ2) is 6.04. The summed E-state index contributed by atoms with van der Waals surface area (Å²) in [4.78, 5) is 23.1. The number of carbonyl (C=O) groups is 1. The van der Waals surface area contributed by atoms with Gasteiger partial charge in [0.25, 0.3) is 5.69 Å². The van der Waals surface area contributed by atoms with Gasteiger partial charge in [0.15, 0.2) is 5.78 Å². The average molecular weight is 309 g/mol. The molecule has 5 nitrogen and oxygen atoms in total. The smallest absolute Gasteiger partial charge is 0.270 e. The molecule has 0 radical (unpaired) electrons. The molecule has 116 valence electrons. The minimum absolute atomic E-state index is 0.00733. The third-order valence-electron chi connectivity index (χ3n) is 3.79. The van der Waals surface area contributed by atoms with Gasteiger partial charge in [0.05, 0.1) is 17.1 Å². The van der Waals surface area contributed by atoms with E-state index >= 15 is 0 Å². The van der Waals surface area contributed by atoms with Gasteiger partial charge >= 0.3 is 0 Å². The summed E-state index contributed by atoms with van der Waals surface area (Å²) < 4.78 is 5.71. The Morgan fingerprint density at radius 2 is 2.00 bits per heavy atom. The number of hydrogen-bond acceptors (Lipinski definition) is 4. The van der Waals surface area contributed by atoms with E-state index in [0.717, 1.165) is 5.56 Å². The second-order valence-electron chi connectivity index (χ2n) is 5.40. The van der Waals surface area contributed by atoms with Crippen LogP contribution in [0.5, 0.6) is 5.75 Å². The number of ether oxygens (including phenoxy) is 1. The van der Waals surface area contributed by atoms with Crippen LogP contribution >= 0.6 is 0 Å². The molecule has 0 amide bonds. The molecule has 2 aromatic rings. The Morgan fingerprint density at radius 1 is 1.22 bits per heavy atom. The summed E-state index contributed by atoms with van der Waals surface area (Å²) in [6.07, 6.45) is 2.17. The minimum Gasteiger partial charge on any atom is -0.492 e. The summed E-state index contributed by atoms with van der Waals surface area (Å²) in [5.41, 5.74) is 2.70. The number of non-ortho nitro benzene ring substituents is 1. The van der Waals surface area contributed by atoms with Crippen molar-refractivity contribution in [1.29, 1.82) is 0 Å². The lowest BCUT2D eigenvalue weighted by Gasteiger charge is -2.08. The maximum absolute atomic E-state index is 12.7. The van der Waals surface area contributed by atoms with E-state index in [4.69, 9.17) is 4.74 Å². The monoisotopic (exact) mass is 309 g/mol. The normalized spacial score (nSPS) is 15.7. The predicted octanol–water partition coefficient (Wildman–Crippen LogP) is 3.95. The lowest BCUT2D eigenvalue weighted by molar-refractivity contribution is -0.384.